The van der Waals surface area contributed by atoms with Gasteiger partial charge in [0.15, 0.2) is 18.1 Å². The summed E-state index contributed by atoms with van der Waals surface area (Å²) in [6.07, 6.45) is 1.82. The summed E-state index contributed by atoms with van der Waals surface area (Å²) >= 11 is 0. The van der Waals surface area contributed by atoms with E-state index in [4.69, 9.17) is 9.47 Å². The summed E-state index contributed by atoms with van der Waals surface area (Å²) in [6, 6.07) is 5.55. The number of rotatable bonds is 7. The van der Waals surface area contributed by atoms with Gasteiger partial charge in [0.2, 0.25) is 0 Å². The normalized spacial score (nSPS) is 15.5. The monoisotopic (exact) mass is 334 g/mol. The topological polar surface area (TPSA) is 66.4 Å². The Balaban J connectivity index is 1.96. The van der Waals surface area contributed by atoms with Gasteiger partial charge in [-0.05, 0) is 37.7 Å². The zero-order valence-electron chi connectivity index (χ0n) is 14.6. The molecule has 0 unspecified atom stereocenters. The van der Waals surface area contributed by atoms with Crippen LogP contribution < -0.4 is 14.8 Å². The Labute approximate surface area is 143 Å². The van der Waals surface area contributed by atoms with Crippen LogP contribution in [0.4, 0.5) is 0 Å². The summed E-state index contributed by atoms with van der Waals surface area (Å²) in [6.45, 7) is 6.32. The van der Waals surface area contributed by atoms with Crippen LogP contribution in [0, 0.1) is 0 Å². The summed E-state index contributed by atoms with van der Waals surface area (Å²) < 4.78 is 10.9. The minimum atomic E-state index is -0.153. The molecule has 1 aromatic rings. The molecule has 1 fully saturated rings. The maximum atomic E-state index is 11.5. The molecule has 1 saturated heterocycles. The van der Waals surface area contributed by atoms with Gasteiger partial charge in [0.25, 0.3) is 5.91 Å². The number of nitrogens with one attached hydrogen (secondary N) is 1. The molecular formula is C17H26N4O3. The van der Waals surface area contributed by atoms with Gasteiger partial charge < -0.3 is 19.7 Å². The SMILES string of the molecule is CCNC(=O)COc1ccc(/C=N/N2CCN(C)CC2)cc1OC. The second-order valence-corrected chi connectivity index (χ2v) is 5.65. The first-order valence-corrected chi connectivity index (χ1v) is 8.17. The number of carbonyl (C=O) groups excluding carboxylic acids is 1. The summed E-state index contributed by atoms with van der Waals surface area (Å²) in [4.78, 5) is 13.8. The third-order valence-electron chi connectivity index (χ3n) is 3.77. The average molecular weight is 334 g/mol. The van der Waals surface area contributed by atoms with E-state index in [1.165, 1.54) is 0 Å². The second kappa shape index (κ2) is 9.12. The van der Waals surface area contributed by atoms with Crippen molar-refractivity contribution in [3.8, 4) is 11.5 Å². The van der Waals surface area contributed by atoms with Crippen molar-refractivity contribution in [1.82, 2.24) is 15.2 Å². The van der Waals surface area contributed by atoms with Crippen molar-refractivity contribution in [2.45, 2.75) is 6.92 Å². The van der Waals surface area contributed by atoms with E-state index in [0.717, 1.165) is 31.7 Å². The summed E-state index contributed by atoms with van der Waals surface area (Å²) in [7, 11) is 3.70. The summed E-state index contributed by atoms with van der Waals surface area (Å²) in [5, 5.41) is 9.26. The Morgan fingerprint density at radius 2 is 2.04 bits per heavy atom. The minimum absolute atomic E-state index is 0.0288. The number of hydrogen-bond donors (Lipinski definition) is 1. The van der Waals surface area contributed by atoms with Crippen molar-refractivity contribution in [3.63, 3.8) is 0 Å². The van der Waals surface area contributed by atoms with Crippen molar-refractivity contribution in [1.29, 1.82) is 0 Å². The fourth-order valence-electron chi connectivity index (χ4n) is 2.33. The van der Waals surface area contributed by atoms with E-state index in [1.807, 2.05) is 25.3 Å². The van der Waals surface area contributed by atoms with Crippen molar-refractivity contribution < 1.29 is 14.3 Å². The standard InChI is InChI=1S/C17H26N4O3/c1-4-18-17(22)13-24-15-6-5-14(11-16(15)23-3)12-19-21-9-7-20(2)8-10-21/h5-6,11-12H,4,7-10,13H2,1-3H3,(H,18,22)/b19-12+. The van der Waals surface area contributed by atoms with E-state index in [0.29, 0.717) is 18.0 Å². The van der Waals surface area contributed by atoms with Crippen LogP contribution in [-0.4, -0.2) is 75.5 Å². The van der Waals surface area contributed by atoms with Crippen molar-refractivity contribution >= 4 is 12.1 Å². The largest absolute Gasteiger partial charge is 0.493 e. The van der Waals surface area contributed by atoms with Crippen LogP contribution in [0.5, 0.6) is 11.5 Å². The molecule has 0 aliphatic carbocycles. The fourth-order valence-corrected chi connectivity index (χ4v) is 2.33. The first-order valence-electron chi connectivity index (χ1n) is 8.17. The van der Waals surface area contributed by atoms with Crippen molar-refractivity contribution in [2.24, 2.45) is 5.10 Å². The molecular weight excluding hydrogens is 308 g/mol. The van der Waals surface area contributed by atoms with E-state index in [1.54, 1.807) is 13.2 Å². The number of hydrogen-bond acceptors (Lipinski definition) is 6. The van der Waals surface area contributed by atoms with Crippen LogP contribution in [-0.2, 0) is 4.79 Å². The van der Waals surface area contributed by atoms with Gasteiger partial charge >= 0.3 is 0 Å². The number of carbonyl (C=O) groups is 1. The third kappa shape index (κ3) is 5.42. The lowest BCUT2D eigenvalue weighted by molar-refractivity contribution is -0.123. The lowest BCUT2D eigenvalue weighted by Gasteiger charge is -2.30. The summed E-state index contributed by atoms with van der Waals surface area (Å²) in [5.41, 5.74) is 0.927. The second-order valence-electron chi connectivity index (χ2n) is 5.65. The highest BCUT2D eigenvalue weighted by atomic mass is 16.5. The van der Waals surface area contributed by atoms with Crippen LogP contribution in [0.3, 0.4) is 0 Å². The highest BCUT2D eigenvalue weighted by Crippen LogP contribution is 2.27. The molecule has 7 heteroatoms. The van der Waals surface area contributed by atoms with Crippen molar-refractivity contribution in [3.05, 3.63) is 23.8 Å². The minimum Gasteiger partial charge on any atom is -0.493 e. The molecule has 24 heavy (non-hydrogen) atoms. The van der Waals surface area contributed by atoms with E-state index < -0.39 is 0 Å². The van der Waals surface area contributed by atoms with Gasteiger partial charge in [-0.25, -0.2) is 0 Å². The maximum Gasteiger partial charge on any atom is 0.257 e. The van der Waals surface area contributed by atoms with Crippen LogP contribution in [0.25, 0.3) is 0 Å². The number of methoxy groups -OCH3 is 1. The molecule has 7 nitrogen and oxygen atoms in total. The predicted molar refractivity (Wildman–Crippen MR) is 93.8 cm³/mol. The molecule has 1 aliphatic rings. The van der Waals surface area contributed by atoms with Gasteiger partial charge in [0, 0.05) is 32.7 Å². The number of piperazine rings is 1. The quantitative estimate of drug-likeness (QED) is 0.747. The number of benzene rings is 1. The fraction of sp³-hybridized carbons (Fsp3) is 0.529. The molecule has 132 valence electrons. The van der Waals surface area contributed by atoms with Crippen LogP contribution in [0.15, 0.2) is 23.3 Å². The number of amides is 1. The number of nitrogens with zero attached hydrogens (tertiary/aromatic N) is 3. The Morgan fingerprint density at radius 3 is 2.71 bits per heavy atom. The summed E-state index contributed by atoms with van der Waals surface area (Å²) in [5.74, 6) is 0.974. The van der Waals surface area contributed by atoms with Gasteiger partial charge in [-0.15, -0.1) is 0 Å². The predicted octanol–water partition coefficient (Wildman–Crippen LogP) is 0.791. The number of likely N-dealkylation sites (N-methyl/N-ethyl adjacent to an activating group) is 2. The van der Waals surface area contributed by atoms with Gasteiger partial charge in [-0.2, -0.15) is 5.10 Å². The molecule has 0 atom stereocenters. The molecule has 0 aromatic heterocycles. The zero-order chi connectivity index (χ0) is 17.4. The van der Waals surface area contributed by atoms with Crippen molar-refractivity contribution in [2.75, 3.05) is 53.5 Å². The molecule has 0 saturated carbocycles. The molecule has 1 heterocycles. The lowest BCUT2D eigenvalue weighted by atomic mass is 10.2. The first kappa shape index (κ1) is 18.1. The molecule has 0 spiro atoms. The molecule has 0 radical (unpaired) electrons. The first-order chi connectivity index (χ1) is 11.6. The Bertz CT molecular complexity index is 569. The van der Waals surface area contributed by atoms with E-state index in [9.17, 15) is 4.79 Å². The Morgan fingerprint density at radius 1 is 1.29 bits per heavy atom. The molecule has 0 bridgehead atoms. The average Bonchev–Trinajstić information content (AvgIpc) is 2.60. The van der Waals surface area contributed by atoms with Gasteiger partial charge in [-0.3, -0.25) is 9.80 Å². The number of hydrazone groups is 1. The van der Waals surface area contributed by atoms with Gasteiger partial charge in [-0.1, -0.05) is 0 Å². The van der Waals surface area contributed by atoms with E-state index in [2.05, 4.69) is 27.4 Å². The molecule has 1 amide bonds. The molecule has 1 N–H and O–H groups in total. The van der Waals surface area contributed by atoms with Gasteiger partial charge in [0.1, 0.15) is 0 Å². The Hall–Kier alpha value is -2.28. The van der Waals surface area contributed by atoms with Crippen LogP contribution in [0.1, 0.15) is 12.5 Å². The molecule has 1 aromatic carbocycles. The number of ether oxygens (including phenoxy) is 2. The van der Waals surface area contributed by atoms with E-state index in [-0.39, 0.29) is 12.5 Å². The van der Waals surface area contributed by atoms with Crippen LogP contribution in [0.2, 0.25) is 0 Å². The Kier molecular flexibility index (Phi) is 6.87. The molecule has 1 aliphatic heterocycles. The van der Waals surface area contributed by atoms with Crippen LogP contribution >= 0.6 is 0 Å². The van der Waals surface area contributed by atoms with E-state index >= 15 is 0 Å². The lowest BCUT2D eigenvalue weighted by Crippen LogP contribution is -2.41. The van der Waals surface area contributed by atoms with Gasteiger partial charge in [0.05, 0.1) is 13.3 Å². The third-order valence-corrected chi connectivity index (χ3v) is 3.77. The maximum absolute atomic E-state index is 11.5. The highest BCUT2D eigenvalue weighted by Gasteiger charge is 2.11. The smallest absolute Gasteiger partial charge is 0.257 e. The molecule has 2 rings (SSSR count). The zero-order valence-corrected chi connectivity index (χ0v) is 14.6. The highest BCUT2D eigenvalue weighted by molar-refractivity contribution is 5.81.